The Morgan fingerprint density at radius 2 is 1.71 bits per heavy atom. The van der Waals surface area contributed by atoms with E-state index in [0.717, 1.165) is 34.8 Å². The average molecular weight is 370 g/mol. The van der Waals surface area contributed by atoms with Crippen LogP contribution in [0.15, 0.2) is 77.9 Å². The van der Waals surface area contributed by atoms with E-state index in [-0.39, 0.29) is 12.3 Å². The van der Waals surface area contributed by atoms with Gasteiger partial charge in [0.25, 0.3) is 0 Å². The van der Waals surface area contributed by atoms with Crippen LogP contribution in [-0.2, 0) is 0 Å². The number of rotatable bonds is 3. The fraction of sp³-hybridized carbons (Fsp3) is 0.208. The topological polar surface area (TPSA) is 34.1 Å². The van der Waals surface area contributed by atoms with E-state index < -0.39 is 0 Å². The molecule has 2 heterocycles. The lowest BCUT2D eigenvalue weighted by atomic mass is 9.96. The Bertz CT molecular complexity index is 1030. The predicted molar refractivity (Wildman–Crippen MR) is 110 cm³/mol. The van der Waals surface area contributed by atoms with Gasteiger partial charge >= 0.3 is 0 Å². The molecule has 0 N–H and O–H groups in total. The van der Waals surface area contributed by atoms with Gasteiger partial charge in [-0.3, -0.25) is 0 Å². The van der Waals surface area contributed by atoms with Gasteiger partial charge in [0, 0.05) is 17.5 Å². The van der Waals surface area contributed by atoms with E-state index in [0.29, 0.717) is 0 Å². The van der Waals surface area contributed by atoms with Gasteiger partial charge in [-0.25, -0.2) is 5.01 Å². The third-order valence-corrected chi connectivity index (χ3v) is 5.48. The number of benzene rings is 3. The maximum atomic E-state index is 6.39. The van der Waals surface area contributed by atoms with Gasteiger partial charge in [-0.15, -0.1) is 0 Å². The predicted octanol–water partition coefficient (Wildman–Crippen LogP) is 5.25. The van der Waals surface area contributed by atoms with E-state index >= 15 is 0 Å². The van der Waals surface area contributed by atoms with Crippen molar-refractivity contribution in [3.05, 3.63) is 95.1 Å². The molecular weight excluding hydrogens is 348 g/mol. The van der Waals surface area contributed by atoms with E-state index in [1.807, 2.05) is 18.2 Å². The number of para-hydroxylation sites is 1. The fourth-order valence-corrected chi connectivity index (χ4v) is 3.94. The zero-order valence-electron chi connectivity index (χ0n) is 16.0. The van der Waals surface area contributed by atoms with Gasteiger partial charge in [0.15, 0.2) is 0 Å². The Morgan fingerprint density at radius 3 is 2.46 bits per heavy atom. The lowest BCUT2D eigenvalue weighted by molar-refractivity contribution is -0.0190. The highest BCUT2D eigenvalue weighted by atomic mass is 16.5. The fourth-order valence-electron chi connectivity index (χ4n) is 3.94. The summed E-state index contributed by atoms with van der Waals surface area (Å²) in [5.41, 5.74) is 5.74. The molecule has 0 unspecified atom stereocenters. The first kappa shape index (κ1) is 16.9. The molecule has 2 aliphatic heterocycles. The number of nitrogens with zero attached hydrogens (tertiary/aromatic N) is 2. The summed E-state index contributed by atoms with van der Waals surface area (Å²) < 4.78 is 11.7. The van der Waals surface area contributed by atoms with Crippen LogP contribution in [0.25, 0.3) is 0 Å². The van der Waals surface area contributed by atoms with Gasteiger partial charge < -0.3 is 9.47 Å². The molecule has 3 aromatic carbocycles. The Kier molecular flexibility index (Phi) is 4.05. The van der Waals surface area contributed by atoms with Crippen LogP contribution in [0.2, 0.25) is 0 Å². The summed E-state index contributed by atoms with van der Waals surface area (Å²) in [5, 5.41) is 7.12. The lowest BCUT2D eigenvalue weighted by Crippen LogP contribution is -2.33. The number of aryl methyl sites for hydroxylation is 1. The SMILES string of the molecule is COc1ccc(C2=NN3[C@H](C2)c2ccccc2O[C@H]3c2ccc(C)cc2)cc1. The van der Waals surface area contributed by atoms with E-state index in [1.165, 1.54) is 11.1 Å². The highest BCUT2D eigenvalue weighted by Gasteiger charge is 2.40. The number of hydrazone groups is 1. The van der Waals surface area contributed by atoms with E-state index in [1.54, 1.807) is 7.11 Å². The average Bonchev–Trinajstić information content (AvgIpc) is 3.20. The van der Waals surface area contributed by atoms with Crippen LogP contribution in [-0.4, -0.2) is 17.8 Å². The molecule has 0 spiro atoms. The summed E-state index contributed by atoms with van der Waals surface area (Å²) in [4.78, 5) is 0. The maximum Gasteiger partial charge on any atom is 0.213 e. The maximum absolute atomic E-state index is 6.39. The van der Waals surface area contributed by atoms with Crippen LogP contribution >= 0.6 is 0 Å². The lowest BCUT2D eigenvalue weighted by Gasteiger charge is -2.38. The molecule has 0 amide bonds. The number of methoxy groups -OCH3 is 1. The molecule has 0 aromatic heterocycles. The number of hydrogen-bond acceptors (Lipinski definition) is 4. The summed E-state index contributed by atoms with van der Waals surface area (Å²) in [5.74, 6) is 1.80. The molecule has 4 heteroatoms. The van der Waals surface area contributed by atoms with Crippen LogP contribution in [0.5, 0.6) is 11.5 Å². The molecule has 5 rings (SSSR count). The summed E-state index contributed by atoms with van der Waals surface area (Å²) >= 11 is 0. The molecule has 2 aliphatic rings. The number of ether oxygens (including phenoxy) is 2. The molecule has 3 aromatic rings. The Balaban J connectivity index is 1.56. The summed E-state index contributed by atoms with van der Waals surface area (Å²) in [6, 6.07) is 25.1. The highest BCUT2D eigenvalue weighted by Crippen LogP contribution is 2.47. The molecule has 2 atom stereocenters. The van der Waals surface area contributed by atoms with Crippen LogP contribution in [0, 0.1) is 6.92 Å². The number of hydrogen-bond donors (Lipinski definition) is 0. The van der Waals surface area contributed by atoms with Crippen molar-refractivity contribution in [1.82, 2.24) is 5.01 Å². The molecule has 0 saturated heterocycles. The summed E-state index contributed by atoms with van der Waals surface area (Å²) in [7, 11) is 1.68. The molecule has 0 saturated carbocycles. The largest absolute Gasteiger partial charge is 0.497 e. The first-order chi connectivity index (χ1) is 13.7. The monoisotopic (exact) mass is 370 g/mol. The van der Waals surface area contributed by atoms with Gasteiger partial charge in [0.1, 0.15) is 11.5 Å². The minimum atomic E-state index is -0.226. The van der Waals surface area contributed by atoms with Crippen LogP contribution in [0.3, 0.4) is 0 Å². The van der Waals surface area contributed by atoms with Crippen molar-refractivity contribution in [2.45, 2.75) is 25.6 Å². The van der Waals surface area contributed by atoms with Gasteiger partial charge in [0.2, 0.25) is 6.23 Å². The van der Waals surface area contributed by atoms with Crippen LogP contribution in [0.1, 0.15) is 40.9 Å². The molecule has 0 aliphatic carbocycles. The van der Waals surface area contributed by atoms with Crippen LogP contribution < -0.4 is 9.47 Å². The smallest absolute Gasteiger partial charge is 0.213 e. The first-order valence-corrected chi connectivity index (χ1v) is 9.55. The molecule has 0 bridgehead atoms. The van der Waals surface area contributed by atoms with Crippen molar-refractivity contribution in [2.75, 3.05) is 7.11 Å². The zero-order chi connectivity index (χ0) is 19.1. The summed E-state index contributed by atoms with van der Waals surface area (Å²) in [6.07, 6.45) is 0.631. The van der Waals surface area contributed by atoms with Gasteiger partial charge in [-0.2, -0.15) is 5.10 Å². The van der Waals surface area contributed by atoms with Crippen molar-refractivity contribution >= 4 is 5.71 Å². The van der Waals surface area contributed by atoms with E-state index in [4.69, 9.17) is 14.6 Å². The van der Waals surface area contributed by atoms with E-state index in [2.05, 4.69) is 66.5 Å². The molecule has 0 radical (unpaired) electrons. The third-order valence-electron chi connectivity index (χ3n) is 5.48. The molecule has 28 heavy (non-hydrogen) atoms. The van der Waals surface area contributed by atoms with Gasteiger partial charge in [0.05, 0.1) is 18.9 Å². The van der Waals surface area contributed by atoms with Gasteiger partial charge in [-0.1, -0.05) is 48.0 Å². The highest BCUT2D eigenvalue weighted by molar-refractivity contribution is 6.02. The summed E-state index contributed by atoms with van der Waals surface area (Å²) in [6.45, 7) is 2.10. The Labute approximate surface area is 165 Å². The second-order valence-corrected chi connectivity index (χ2v) is 7.29. The molecular formula is C24H22N2O2. The van der Waals surface area contributed by atoms with Crippen molar-refractivity contribution in [3.8, 4) is 11.5 Å². The van der Waals surface area contributed by atoms with Gasteiger partial charge in [-0.05, 0) is 42.8 Å². The second kappa shape index (κ2) is 6.71. The zero-order valence-corrected chi connectivity index (χ0v) is 16.0. The molecule has 4 nitrogen and oxygen atoms in total. The quantitative estimate of drug-likeness (QED) is 0.632. The first-order valence-electron chi connectivity index (χ1n) is 9.55. The second-order valence-electron chi connectivity index (χ2n) is 7.29. The third kappa shape index (κ3) is 2.82. The van der Waals surface area contributed by atoms with Crippen molar-refractivity contribution < 1.29 is 9.47 Å². The number of fused-ring (bicyclic) bond motifs is 3. The van der Waals surface area contributed by atoms with Crippen molar-refractivity contribution in [3.63, 3.8) is 0 Å². The van der Waals surface area contributed by atoms with Crippen molar-refractivity contribution in [2.24, 2.45) is 5.10 Å². The molecule has 140 valence electrons. The minimum absolute atomic E-state index is 0.174. The minimum Gasteiger partial charge on any atom is -0.497 e. The van der Waals surface area contributed by atoms with E-state index in [9.17, 15) is 0 Å². The normalized spacial score (nSPS) is 20.1. The Morgan fingerprint density at radius 1 is 0.964 bits per heavy atom. The molecule has 0 fully saturated rings. The Hall–Kier alpha value is -3.27. The van der Waals surface area contributed by atoms with Crippen molar-refractivity contribution in [1.29, 1.82) is 0 Å². The van der Waals surface area contributed by atoms with Crippen LogP contribution in [0.4, 0.5) is 0 Å². The standard InChI is InChI=1S/C24H22N2O2/c1-16-7-9-18(10-8-16)24-26-22(20-5-3-4-6-23(20)28-24)15-21(25-26)17-11-13-19(27-2)14-12-17/h3-14,22,24H,15H2,1-2H3/t22-,24+/m1/s1.